The summed E-state index contributed by atoms with van der Waals surface area (Å²) in [6.45, 7) is 6.95. The Kier molecular flexibility index (Phi) is 6.84. The van der Waals surface area contributed by atoms with Gasteiger partial charge in [0.2, 0.25) is 0 Å². The highest BCUT2D eigenvalue weighted by atomic mass is 79.9. The van der Waals surface area contributed by atoms with Crippen molar-refractivity contribution in [1.29, 1.82) is 5.26 Å². The molecule has 1 unspecified atom stereocenters. The topological polar surface area (TPSA) is 45.0 Å². The van der Waals surface area contributed by atoms with Crippen LogP contribution in [0, 0.1) is 11.3 Å². The highest BCUT2D eigenvalue weighted by molar-refractivity contribution is 9.11. The van der Waals surface area contributed by atoms with Crippen LogP contribution < -0.4 is 10.1 Å². The summed E-state index contributed by atoms with van der Waals surface area (Å²) >= 11 is 7.00. The molecule has 0 amide bonds. The maximum Gasteiger partial charge on any atom is 0.184 e. The Morgan fingerprint density at radius 3 is 2.32 bits per heavy atom. The summed E-state index contributed by atoms with van der Waals surface area (Å²) in [5, 5.41) is 12.3. The number of nitrogens with one attached hydrogen (secondary N) is 1. The van der Waals surface area contributed by atoms with Crippen molar-refractivity contribution in [2.75, 3.05) is 0 Å². The van der Waals surface area contributed by atoms with Crippen molar-refractivity contribution in [1.82, 2.24) is 5.32 Å². The first-order valence-electron chi connectivity index (χ1n) is 6.25. The molecule has 0 saturated heterocycles. The lowest BCUT2D eigenvalue weighted by Gasteiger charge is -2.15. The van der Waals surface area contributed by atoms with Crippen LogP contribution in [0.5, 0.6) is 5.75 Å². The molecule has 0 spiro atoms. The molecular formula is C14H18Br2N2O. The number of nitriles is 1. The summed E-state index contributed by atoms with van der Waals surface area (Å²) in [6, 6.07) is 6.60. The molecular weight excluding hydrogens is 372 g/mol. The summed E-state index contributed by atoms with van der Waals surface area (Å²) < 4.78 is 7.39. The molecule has 0 fully saturated rings. The summed E-state index contributed by atoms with van der Waals surface area (Å²) in [6.07, 6.45) is 0.235. The van der Waals surface area contributed by atoms with E-state index < -0.39 is 6.10 Å². The van der Waals surface area contributed by atoms with Gasteiger partial charge < -0.3 is 10.1 Å². The van der Waals surface area contributed by atoms with Gasteiger partial charge in [-0.15, -0.1) is 0 Å². The monoisotopic (exact) mass is 388 g/mol. The minimum absolute atomic E-state index is 0.424. The first kappa shape index (κ1) is 16.5. The van der Waals surface area contributed by atoms with Gasteiger partial charge in [-0.05, 0) is 56.0 Å². The van der Waals surface area contributed by atoms with Gasteiger partial charge in [0.25, 0.3) is 0 Å². The minimum Gasteiger partial charge on any atom is -0.473 e. The van der Waals surface area contributed by atoms with Crippen molar-refractivity contribution in [2.45, 2.75) is 45.9 Å². The van der Waals surface area contributed by atoms with Crippen molar-refractivity contribution in [3.8, 4) is 11.8 Å². The van der Waals surface area contributed by atoms with Gasteiger partial charge >= 0.3 is 0 Å². The molecule has 3 nitrogen and oxygen atoms in total. The molecule has 0 aliphatic carbocycles. The largest absolute Gasteiger partial charge is 0.473 e. The first-order chi connectivity index (χ1) is 8.97. The molecule has 1 aromatic carbocycles. The molecule has 0 aromatic heterocycles. The van der Waals surface area contributed by atoms with E-state index in [4.69, 9.17) is 10.00 Å². The Labute approximate surface area is 131 Å². The van der Waals surface area contributed by atoms with Crippen LogP contribution in [0.1, 0.15) is 32.8 Å². The van der Waals surface area contributed by atoms with E-state index >= 15 is 0 Å². The van der Waals surface area contributed by atoms with Crippen LogP contribution >= 0.6 is 31.9 Å². The molecule has 1 atom stereocenters. The summed E-state index contributed by atoms with van der Waals surface area (Å²) in [5.74, 6) is 0.682. The number of halogens is 2. The fraction of sp³-hybridized carbons (Fsp3) is 0.500. The average molecular weight is 390 g/mol. The Hall–Kier alpha value is -0.570. The molecule has 104 valence electrons. The lowest BCUT2D eigenvalue weighted by molar-refractivity contribution is 0.248. The lowest BCUT2D eigenvalue weighted by atomic mass is 10.2. The van der Waals surface area contributed by atoms with Crippen molar-refractivity contribution >= 4 is 31.9 Å². The Morgan fingerprint density at radius 1 is 1.32 bits per heavy atom. The molecule has 5 heteroatoms. The van der Waals surface area contributed by atoms with E-state index in [1.165, 1.54) is 0 Å². The predicted octanol–water partition coefficient (Wildman–Crippen LogP) is 4.39. The third-order valence-corrected chi connectivity index (χ3v) is 3.73. The maximum atomic E-state index is 8.95. The van der Waals surface area contributed by atoms with Crippen LogP contribution in [0.4, 0.5) is 0 Å². The molecule has 0 bridgehead atoms. The fourth-order valence-electron chi connectivity index (χ4n) is 1.49. The number of nitrogens with zero attached hydrogens (tertiary/aromatic N) is 1. The van der Waals surface area contributed by atoms with Gasteiger partial charge in [0.05, 0.1) is 8.95 Å². The molecule has 0 radical (unpaired) electrons. The van der Waals surface area contributed by atoms with Crippen LogP contribution in [0.2, 0.25) is 0 Å². The fourth-order valence-corrected chi connectivity index (χ4v) is 2.96. The Balaban J connectivity index is 2.88. The molecule has 0 saturated carbocycles. The van der Waals surface area contributed by atoms with E-state index in [2.05, 4.69) is 57.1 Å². The van der Waals surface area contributed by atoms with Gasteiger partial charge in [-0.2, -0.15) is 5.26 Å². The van der Waals surface area contributed by atoms with Crippen LogP contribution in [0.3, 0.4) is 0 Å². The second-order valence-electron chi connectivity index (χ2n) is 4.57. The summed E-state index contributed by atoms with van der Waals surface area (Å²) in [7, 11) is 0. The average Bonchev–Trinajstić information content (AvgIpc) is 2.36. The van der Waals surface area contributed by atoms with E-state index in [9.17, 15) is 0 Å². The second-order valence-corrected chi connectivity index (χ2v) is 6.28. The van der Waals surface area contributed by atoms with Gasteiger partial charge in [0.15, 0.2) is 6.10 Å². The smallest absolute Gasteiger partial charge is 0.184 e. The van der Waals surface area contributed by atoms with Gasteiger partial charge in [-0.25, -0.2) is 0 Å². The zero-order chi connectivity index (χ0) is 14.4. The van der Waals surface area contributed by atoms with Crippen LogP contribution in [0.15, 0.2) is 21.1 Å². The number of rotatable bonds is 6. The molecule has 0 aliphatic heterocycles. The van der Waals surface area contributed by atoms with E-state index in [0.717, 1.165) is 21.1 Å². The van der Waals surface area contributed by atoms with E-state index in [1.807, 2.05) is 19.1 Å². The van der Waals surface area contributed by atoms with Gasteiger partial charge in [0, 0.05) is 12.6 Å². The first-order valence-corrected chi connectivity index (χ1v) is 7.84. The molecule has 1 N–H and O–H groups in total. The van der Waals surface area contributed by atoms with Crippen LogP contribution in [-0.2, 0) is 6.54 Å². The summed E-state index contributed by atoms with van der Waals surface area (Å²) in [5.41, 5.74) is 1.16. The molecule has 19 heavy (non-hydrogen) atoms. The van der Waals surface area contributed by atoms with E-state index in [1.54, 1.807) is 0 Å². The normalized spacial score (nSPS) is 12.3. The predicted molar refractivity (Wildman–Crippen MR) is 84.1 cm³/mol. The molecule has 1 rings (SSSR count). The van der Waals surface area contributed by atoms with Crippen LogP contribution in [0.25, 0.3) is 0 Å². The third-order valence-electron chi connectivity index (χ3n) is 2.55. The standard InChI is InChI=1S/C14H18Br2N2O/c1-4-11(7-17)19-14-12(15)5-10(6-13(14)16)8-18-9(2)3/h5-6,9,11,18H,4,8H2,1-3H3. The Bertz CT molecular complexity index is 446. The zero-order valence-electron chi connectivity index (χ0n) is 11.3. The quantitative estimate of drug-likeness (QED) is 0.784. The lowest BCUT2D eigenvalue weighted by Crippen LogP contribution is -2.21. The summed E-state index contributed by atoms with van der Waals surface area (Å²) in [4.78, 5) is 0. The zero-order valence-corrected chi connectivity index (χ0v) is 14.5. The SMILES string of the molecule is CCC(C#N)Oc1c(Br)cc(CNC(C)C)cc1Br. The highest BCUT2D eigenvalue weighted by Gasteiger charge is 2.14. The molecule has 1 aromatic rings. The van der Waals surface area contributed by atoms with E-state index in [0.29, 0.717) is 18.2 Å². The second kappa shape index (κ2) is 7.88. The van der Waals surface area contributed by atoms with Crippen molar-refractivity contribution < 1.29 is 4.74 Å². The Morgan fingerprint density at radius 2 is 1.89 bits per heavy atom. The molecule has 0 aliphatic rings. The molecule has 0 heterocycles. The van der Waals surface area contributed by atoms with Crippen molar-refractivity contribution in [2.24, 2.45) is 0 Å². The van der Waals surface area contributed by atoms with Gasteiger partial charge in [0.1, 0.15) is 11.8 Å². The number of hydrogen-bond acceptors (Lipinski definition) is 3. The van der Waals surface area contributed by atoms with Gasteiger partial charge in [-0.3, -0.25) is 0 Å². The maximum absolute atomic E-state index is 8.95. The minimum atomic E-state index is -0.424. The van der Waals surface area contributed by atoms with Crippen LogP contribution in [-0.4, -0.2) is 12.1 Å². The van der Waals surface area contributed by atoms with Gasteiger partial charge in [-0.1, -0.05) is 20.8 Å². The number of benzene rings is 1. The number of ether oxygens (including phenoxy) is 1. The van der Waals surface area contributed by atoms with Crippen molar-refractivity contribution in [3.05, 3.63) is 26.6 Å². The highest BCUT2D eigenvalue weighted by Crippen LogP contribution is 2.35. The van der Waals surface area contributed by atoms with Crippen molar-refractivity contribution in [3.63, 3.8) is 0 Å². The van der Waals surface area contributed by atoms with E-state index in [-0.39, 0.29) is 0 Å². The third kappa shape index (κ3) is 5.13. The number of hydrogen-bond donors (Lipinski definition) is 1.